The van der Waals surface area contributed by atoms with Crippen LogP contribution in [0, 0.1) is 12.7 Å². The number of aryl methyl sites for hydroxylation is 1. The Labute approximate surface area is 178 Å². The van der Waals surface area contributed by atoms with E-state index in [1.807, 2.05) is 32.0 Å². The number of halogens is 4. The first-order valence-corrected chi connectivity index (χ1v) is 9.99. The summed E-state index contributed by atoms with van der Waals surface area (Å²) in [6, 6.07) is 3.70. The van der Waals surface area contributed by atoms with Gasteiger partial charge in [-0.2, -0.15) is 13.2 Å². The minimum atomic E-state index is -4.72. The summed E-state index contributed by atoms with van der Waals surface area (Å²) in [5.41, 5.74) is -1.51. The first-order chi connectivity index (χ1) is 14.5. The summed E-state index contributed by atoms with van der Waals surface area (Å²) in [6.07, 6.45) is -1.91. The van der Waals surface area contributed by atoms with Crippen LogP contribution in [0.4, 0.5) is 29.2 Å². The van der Waals surface area contributed by atoms with E-state index in [0.29, 0.717) is 30.8 Å². The molecule has 6 nitrogen and oxygen atoms in total. The van der Waals surface area contributed by atoms with Crippen LogP contribution < -0.4 is 15.5 Å². The maximum Gasteiger partial charge on any atom is 0.416 e. The highest BCUT2D eigenvalue weighted by atomic mass is 19.4. The van der Waals surface area contributed by atoms with Crippen molar-refractivity contribution in [2.75, 3.05) is 24.3 Å². The van der Waals surface area contributed by atoms with Crippen LogP contribution in [0.2, 0.25) is 0 Å². The zero-order valence-corrected chi connectivity index (χ0v) is 17.6. The molecule has 0 unspecified atom stereocenters. The molecule has 1 aliphatic rings. The summed E-state index contributed by atoms with van der Waals surface area (Å²) in [6.45, 7) is 1.82. The van der Waals surface area contributed by atoms with Crippen molar-refractivity contribution in [3.8, 4) is 0 Å². The Hall–Kier alpha value is -2.91. The lowest BCUT2D eigenvalue weighted by molar-refractivity contribution is -0.137. The van der Waals surface area contributed by atoms with E-state index < -0.39 is 23.5 Å². The largest absolute Gasteiger partial charge is 0.416 e. The van der Waals surface area contributed by atoms with Crippen LogP contribution >= 0.6 is 0 Å². The maximum atomic E-state index is 13.6. The van der Waals surface area contributed by atoms with Gasteiger partial charge in [0.1, 0.15) is 23.3 Å². The van der Waals surface area contributed by atoms with E-state index in [1.54, 1.807) is 0 Å². The molecule has 168 valence electrons. The van der Waals surface area contributed by atoms with Gasteiger partial charge >= 0.3 is 6.18 Å². The molecule has 0 bridgehead atoms. The van der Waals surface area contributed by atoms with Crippen molar-refractivity contribution >= 4 is 17.5 Å². The SMILES string of the molecule is Cc1nc(N[C@H]2CC[C@@H](NC(=O)c3cc(F)cc(C(F)(F)F)c3)CC2)cc(N(C)C)n1. The molecule has 1 aliphatic carbocycles. The average Bonchev–Trinajstić information content (AvgIpc) is 2.68. The molecule has 1 fully saturated rings. The van der Waals surface area contributed by atoms with Gasteiger partial charge < -0.3 is 15.5 Å². The minimum absolute atomic E-state index is 0.156. The number of carbonyl (C=O) groups is 1. The topological polar surface area (TPSA) is 70.2 Å². The first-order valence-electron chi connectivity index (χ1n) is 9.99. The highest BCUT2D eigenvalue weighted by Gasteiger charge is 2.32. The van der Waals surface area contributed by atoms with Crippen LogP contribution in [0.5, 0.6) is 0 Å². The highest BCUT2D eigenvalue weighted by molar-refractivity contribution is 5.94. The van der Waals surface area contributed by atoms with Crippen molar-refractivity contribution in [2.45, 2.75) is 50.9 Å². The summed E-state index contributed by atoms with van der Waals surface area (Å²) in [4.78, 5) is 23.0. The molecule has 31 heavy (non-hydrogen) atoms. The number of hydrogen-bond donors (Lipinski definition) is 2. The molecule has 1 saturated carbocycles. The number of anilines is 2. The van der Waals surface area contributed by atoms with Crippen LogP contribution in [0.15, 0.2) is 24.3 Å². The van der Waals surface area contributed by atoms with Gasteiger partial charge in [0.25, 0.3) is 5.91 Å². The summed E-state index contributed by atoms with van der Waals surface area (Å²) >= 11 is 0. The molecule has 0 radical (unpaired) electrons. The number of nitrogens with one attached hydrogen (secondary N) is 2. The zero-order chi connectivity index (χ0) is 22.8. The van der Waals surface area contributed by atoms with Gasteiger partial charge in [0.2, 0.25) is 0 Å². The Balaban J connectivity index is 1.57. The van der Waals surface area contributed by atoms with Crippen molar-refractivity contribution in [3.05, 3.63) is 47.0 Å². The second-order valence-corrected chi connectivity index (χ2v) is 7.95. The normalized spacial score (nSPS) is 19.1. The molecule has 2 N–H and O–H groups in total. The molecule has 0 spiro atoms. The fourth-order valence-corrected chi connectivity index (χ4v) is 3.60. The van der Waals surface area contributed by atoms with Gasteiger partial charge in [0.05, 0.1) is 5.56 Å². The predicted octanol–water partition coefficient (Wildman–Crippen LogP) is 4.16. The number of hydrogen-bond acceptors (Lipinski definition) is 5. The standard InChI is InChI=1S/C21H25F4N5O/c1-12-26-18(11-19(27-12)30(2)3)28-16-4-6-17(7-5-16)29-20(31)13-8-14(21(23,24)25)10-15(22)9-13/h8-11,16-17H,4-7H2,1-3H3,(H,29,31)(H,26,27,28)/t16-,17+. The van der Waals surface area contributed by atoms with Gasteiger partial charge in [-0.05, 0) is 50.8 Å². The maximum absolute atomic E-state index is 13.6. The zero-order valence-electron chi connectivity index (χ0n) is 17.6. The lowest BCUT2D eigenvalue weighted by Gasteiger charge is -2.30. The van der Waals surface area contributed by atoms with Gasteiger partial charge in [0.15, 0.2) is 0 Å². The Morgan fingerprint density at radius 3 is 2.29 bits per heavy atom. The fourth-order valence-electron chi connectivity index (χ4n) is 3.60. The number of benzene rings is 1. The lowest BCUT2D eigenvalue weighted by Crippen LogP contribution is -2.40. The van der Waals surface area contributed by atoms with E-state index in [-0.39, 0.29) is 17.6 Å². The van der Waals surface area contributed by atoms with Gasteiger partial charge in [-0.3, -0.25) is 4.79 Å². The fraction of sp³-hybridized carbons (Fsp3) is 0.476. The van der Waals surface area contributed by atoms with Crippen molar-refractivity contribution in [2.24, 2.45) is 0 Å². The summed E-state index contributed by atoms with van der Waals surface area (Å²) in [7, 11) is 3.80. The van der Waals surface area contributed by atoms with Crippen LogP contribution in [0.25, 0.3) is 0 Å². The third-order valence-corrected chi connectivity index (χ3v) is 5.18. The highest BCUT2D eigenvalue weighted by Crippen LogP contribution is 2.30. The Kier molecular flexibility index (Phi) is 6.66. The molecule has 1 amide bonds. The Morgan fingerprint density at radius 1 is 1.03 bits per heavy atom. The lowest BCUT2D eigenvalue weighted by atomic mass is 9.91. The second kappa shape index (κ2) is 9.07. The van der Waals surface area contributed by atoms with Gasteiger partial charge in [-0.15, -0.1) is 0 Å². The van der Waals surface area contributed by atoms with Crippen LogP contribution in [-0.4, -0.2) is 42.1 Å². The van der Waals surface area contributed by atoms with Gasteiger partial charge in [0, 0.05) is 37.8 Å². The first kappa shape index (κ1) is 22.8. The molecule has 0 aliphatic heterocycles. The van der Waals surface area contributed by atoms with Crippen molar-refractivity contribution in [1.82, 2.24) is 15.3 Å². The average molecular weight is 439 g/mol. The number of alkyl halides is 3. The van der Waals surface area contributed by atoms with E-state index in [0.717, 1.165) is 30.5 Å². The van der Waals surface area contributed by atoms with Crippen molar-refractivity contribution < 1.29 is 22.4 Å². The molecule has 1 aromatic heterocycles. The molecule has 3 rings (SSSR count). The number of nitrogens with zero attached hydrogens (tertiary/aromatic N) is 3. The number of rotatable bonds is 5. The second-order valence-electron chi connectivity index (χ2n) is 7.95. The molecular formula is C21H25F4N5O. The van der Waals surface area contributed by atoms with Gasteiger partial charge in [-0.25, -0.2) is 14.4 Å². The minimum Gasteiger partial charge on any atom is -0.367 e. The van der Waals surface area contributed by atoms with E-state index in [1.165, 1.54) is 0 Å². The van der Waals surface area contributed by atoms with E-state index in [4.69, 9.17) is 0 Å². The molecule has 10 heteroatoms. The van der Waals surface area contributed by atoms with E-state index >= 15 is 0 Å². The summed E-state index contributed by atoms with van der Waals surface area (Å²) in [5, 5.41) is 6.11. The number of amides is 1. The third kappa shape index (κ3) is 6.05. The smallest absolute Gasteiger partial charge is 0.367 e. The quantitative estimate of drug-likeness (QED) is 0.685. The van der Waals surface area contributed by atoms with Crippen LogP contribution in [0.3, 0.4) is 0 Å². The summed E-state index contributed by atoms with van der Waals surface area (Å²) in [5.74, 6) is 0.379. The van der Waals surface area contributed by atoms with Gasteiger partial charge in [-0.1, -0.05) is 0 Å². The van der Waals surface area contributed by atoms with Crippen molar-refractivity contribution in [3.63, 3.8) is 0 Å². The van der Waals surface area contributed by atoms with E-state index in [2.05, 4.69) is 20.6 Å². The van der Waals surface area contributed by atoms with E-state index in [9.17, 15) is 22.4 Å². The number of aromatic nitrogens is 2. The molecule has 0 atom stereocenters. The monoisotopic (exact) mass is 439 g/mol. The van der Waals surface area contributed by atoms with Crippen LogP contribution in [-0.2, 0) is 6.18 Å². The Morgan fingerprint density at radius 2 is 1.68 bits per heavy atom. The molecular weight excluding hydrogens is 414 g/mol. The molecule has 1 aromatic carbocycles. The molecule has 2 aromatic rings. The summed E-state index contributed by atoms with van der Waals surface area (Å²) < 4.78 is 52.2. The third-order valence-electron chi connectivity index (χ3n) is 5.18. The van der Waals surface area contributed by atoms with Crippen molar-refractivity contribution in [1.29, 1.82) is 0 Å². The van der Waals surface area contributed by atoms with Crippen LogP contribution in [0.1, 0.15) is 47.4 Å². The Bertz CT molecular complexity index is 940. The predicted molar refractivity (Wildman–Crippen MR) is 110 cm³/mol. The number of carbonyl (C=O) groups excluding carboxylic acids is 1. The molecule has 1 heterocycles. The molecule has 0 saturated heterocycles.